The Balaban J connectivity index is 1.76. The molecule has 0 atom stereocenters. The number of rotatable bonds is 5. The Morgan fingerprint density at radius 2 is 2.21 bits per heavy atom. The summed E-state index contributed by atoms with van der Waals surface area (Å²) in [5, 5.41) is 2.87. The molecule has 1 aromatic heterocycles. The molecule has 0 bridgehead atoms. The van der Waals surface area contributed by atoms with Gasteiger partial charge in [0.2, 0.25) is 5.91 Å². The van der Waals surface area contributed by atoms with Crippen molar-refractivity contribution in [1.82, 2.24) is 10.3 Å². The van der Waals surface area contributed by atoms with Crippen LogP contribution in [0.3, 0.4) is 0 Å². The molecule has 0 fully saturated rings. The molecule has 0 aliphatic rings. The van der Waals surface area contributed by atoms with Gasteiger partial charge in [0, 0.05) is 28.3 Å². The third kappa shape index (κ3) is 5.04. The molecule has 0 unspecified atom stereocenters. The topological polar surface area (TPSA) is 42.0 Å². The number of nitrogens with one attached hydrogen (secondary N) is 1. The van der Waals surface area contributed by atoms with Crippen LogP contribution >= 0.6 is 27.7 Å². The van der Waals surface area contributed by atoms with E-state index in [0.717, 1.165) is 14.9 Å². The minimum atomic E-state index is 0.0221. The fraction of sp³-hybridized carbons (Fsp3) is 0.143. The van der Waals surface area contributed by atoms with Gasteiger partial charge in [0.15, 0.2) is 0 Å². The number of halogens is 1. The molecule has 5 heteroatoms. The molecule has 1 aromatic carbocycles. The maximum Gasteiger partial charge on any atom is 0.230 e. The molecule has 3 nitrogen and oxygen atoms in total. The first kappa shape index (κ1) is 14.1. The van der Waals surface area contributed by atoms with E-state index in [1.54, 1.807) is 12.4 Å². The minimum absolute atomic E-state index is 0.0221. The highest BCUT2D eigenvalue weighted by atomic mass is 79.9. The third-order valence-corrected chi connectivity index (χ3v) is 3.87. The molecule has 2 rings (SSSR count). The number of benzene rings is 1. The quantitative estimate of drug-likeness (QED) is 0.852. The molecule has 0 spiro atoms. The first-order chi connectivity index (χ1) is 9.24. The monoisotopic (exact) mass is 336 g/mol. The molecule has 0 saturated carbocycles. The van der Waals surface area contributed by atoms with Crippen LogP contribution in [0.1, 0.15) is 5.56 Å². The van der Waals surface area contributed by atoms with Crippen LogP contribution in [0, 0.1) is 0 Å². The molecule has 0 aliphatic heterocycles. The van der Waals surface area contributed by atoms with Crippen molar-refractivity contribution < 1.29 is 4.79 Å². The number of carbonyl (C=O) groups is 1. The molecule has 0 saturated heterocycles. The maximum atomic E-state index is 11.7. The van der Waals surface area contributed by atoms with Crippen LogP contribution in [0.2, 0.25) is 0 Å². The van der Waals surface area contributed by atoms with Crippen molar-refractivity contribution in [2.24, 2.45) is 0 Å². The molecular weight excluding hydrogens is 324 g/mol. The predicted octanol–water partition coefficient (Wildman–Crippen LogP) is 3.25. The lowest BCUT2D eigenvalue weighted by atomic mass is 10.3. The van der Waals surface area contributed by atoms with Crippen molar-refractivity contribution in [2.75, 3.05) is 5.75 Å². The lowest BCUT2D eigenvalue weighted by Crippen LogP contribution is -2.24. The van der Waals surface area contributed by atoms with Crippen LogP contribution in [0.4, 0.5) is 0 Å². The van der Waals surface area contributed by atoms with E-state index in [9.17, 15) is 4.79 Å². The molecule has 1 amide bonds. The number of hydrogen-bond acceptors (Lipinski definition) is 3. The van der Waals surface area contributed by atoms with Gasteiger partial charge in [-0.1, -0.05) is 28.1 Å². The average molecular weight is 337 g/mol. The van der Waals surface area contributed by atoms with E-state index in [4.69, 9.17) is 0 Å². The van der Waals surface area contributed by atoms with E-state index in [1.165, 1.54) is 11.8 Å². The lowest BCUT2D eigenvalue weighted by Gasteiger charge is -2.05. The Kier molecular flexibility index (Phi) is 5.42. The summed E-state index contributed by atoms with van der Waals surface area (Å²) in [7, 11) is 0. The van der Waals surface area contributed by atoms with Crippen molar-refractivity contribution in [2.45, 2.75) is 11.4 Å². The van der Waals surface area contributed by atoms with Crippen molar-refractivity contribution in [3.8, 4) is 0 Å². The summed E-state index contributed by atoms with van der Waals surface area (Å²) < 4.78 is 1.02. The van der Waals surface area contributed by atoms with Crippen LogP contribution in [-0.4, -0.2) is 16.6 Å². The van der Waals surface area contributed by atoms with Crippen LogP contribution < -0.4 is 5.32 Å². The summed E-state index contributed by atoms with van der Waals surface area (Å²) in [5.41, 5.74) is 1.00. The second kappa shape index (κ2) is 7.31. The van der Waals surface area contributed by atoms with Gasteiger partial charge in [-0.15, -0.1) is 11.8 Å². The molecule has 1 N–H and O–H groups in total. The zero-order valence-corrected chi connectivity index (χ0v) is 12.6. The number of nitrogens with zero attached hydrogens (tertiary/aromatic N) is 1. The SMILES string of the molecule is O=C(CSc1cccc(Br)c1)NCc1cccnc1. The summed E-state index contributed by atoms with van der Waals surface area (Å²) >= 11 is 4.93. The summed E-state index contributed by atoms with van der Waals surface area (Å²) in [6.45, 7) is 0.520. The third-order valence-electron chi connectivity index (χ3n) is 2.38. The number of hydrogen-bond donors (Lipinski definition) is 1. The number of thioether (sulfide) groups is 1. The highest BCUT2D eigenvalue weighted by Crippen LogP contribution is 2.21. The van der Waals surface area contributed by atoms with E-state index < -0.39 is 0 Å². The number of pyridine rings is 1. The Labute approximate surface area is 125 Å². The van der Waals surface area contributed by atoms with Gasteiger partial charge in [0.25, 0.3) is 0 Å². The van der Waals surface area contributed by atoms with Crippen molar-refractivity contribution in [3.05, 3.63) is 58.8 Å². The standard InChI is InChI=1S/C14H13BrN2OS/c15-12-4-1-5-13(7-12)19-10-14(18)17-9-11-3-2-6-16-8-11/h1-8H,9-10H2,(H,17,18). The minimum Gasteiger partial charge on any atom is -0.351 e. The van der Waals surface area contributed by atoms with Gasteiger partial charge in [-0.05, 0) is 29.8 Å². The van der Waals surface area contributed by atoms with E-state index in [0.29, 0.717) is 12.3 Å². The van der Waals surface area contributed by atoms with Crippen molar-refractivity contribution in [3.63, 3.8) is 0 Å². The fourth-order valence-corrected chi connectivity index (χ4v) is 2.80. The van der Waals surface area contributed by atoms with Gasteiger partial charge in [-0.2, -0.15) is 0 Å². The second-order valence-corrected chi connectivity index (χ2v) is 5.85. The Morgan fingerprint density at radius 1 is 1.32 bits per heavy atom. The summed E-state index contributed by atoms with van der Waals surface area (Å²) in [6.07, 6.45) is 3.47. The van der Waals surface area contributed by atoms with Crippen molar-refractivity contribution in [1.29, 1.82) is 0 Å². The van der Waals surface area contributed by atoms with Gasteiger partial charge in [0.05, 0.1) is 5.75 Å². The van der Waals surface area contributed by atoms with E-state index >= 15 is 0 Å². The van der Waals surface area contributed by atoms with E-state index in [2.05, 4.69) is 26.2 Å². The average Bonchev–Trinajstić information content (AvgIpc) is 2.44. The van der Waals surface area contributed by atoms with Gasteiger partial charge in [-0.25, -0.2) is 0 Å². The van der Waals surface area contributed by atoms with Gasteiger partial charge < -0.3 is 5.32 Å². The fourth-order valence-electron chi connectivity index (χ4n) is 1.46. The normalized spacial score (nSPS) is 10.2. The predicted molar refractivity (Wildman–Crippen MR) is 80.9 cm³/mol. The van der Waals surface area contributed by atoms with E-state index in [1.807, 2.05) is 36.4 Å². The molecule has 2 aromatic rings. The molecule has 0 aliphatic carbocycles. The number of carbonyl (C=O) groups excluding carboxylic acids is 1. The Hall–Kier alpha value is -1.33. The number of amides is 1. The first-order valence-corrected chi connectivity index (χ1v) is 7.56. The van der Waals surface area contributed by atoms with E-state index in [-0.39, 0.29) is 5.91 Å². The lowest BCUT2D eigenvalue weighted by molar-refractivity contribution is -0.118. The molecule has 0 radical (unpaired) electrons. The number of aromatic nitrogens is 1. The van der Waals surface area contributed by atoms with Crippen LogP contribution in [0.15, 0.2) is 58.2 Å². The van der Waals surface area contributed by atoms with Crippen LogP contribution in [0.5, 0.6) is 0 Å². The Bertz CT molecular complexity index is 548. The summed E-state index contributed by atoms with van der Waals surface area (Å²) in [6, 6.07) is 11.7. The van der Waals surface area contributed by atoms with Gasteiger partial charge >= 0.3 is 0 Å². The largest absolute Gasteiger partial charge is 0.351 e. The molecular formula is C14H13BrN2OS. The second-order valence-electron chi connectivity index (χ2n) is 3.88. The zero-order chi connectivity index (χ0) is 13.5. The van der Waals surface area contributed by atoms with Crippen LogP contribution in [0.25, 0.3) is 0 Å². The smallest absolute Gasteiger partial charge is 0.230 e. The van der Waals surface area contributed by atoms with Crippen molar-refractivity contribution >= 4 is 33.6 Å². The summed E-state index contributed by atoms with van der Waals surface area (Å²) in [5.74, 6) is 0.435. The summed E-state index contributed by atoms with van der Waals surface area (Å²) in [4.78, 5) is 16.8. The maximum absolute atomic E-state index is 11.7. The van der Waals surface area contributed by atoms with Crippen LogP contribution in [-0.2, 0) is 11.3 Å². The molecule has 19 heavy (non-hydrogen) atoms. The first-order valence-electron chi connectivity index (χ1n) is 5.78. The Morgan fingerprint density at radius 3 is 2.95 bits per heavy atom. The zero-order valence-electron chi connectivity index (χ0n) is 10.2. The van der Waals surface area contributed by atoms with Gasteiger partial charge in [0.1, 0.15) is 0 Å². The highest BCUT2D eigenvalue weighted by Gasteiger charge is 2.03. The van der Waals surface area contributed by atoms with Gasteiger partial charge in [-0.3, -0.25) is 9.78 Å². The molecule has 98 valence electrons. The molecule has 1 heterocycles. The highest BCUT2D eigenvalue weighted by molar-refractivity contribution is 9.10.